The smallest absolute Gasteiger partial charge is 0.222 e. The molecule has 1 saturated heterocycles. The average Bonchev–Trinajstić information content (AvgIpc) is 2.88. The minimum atomic E-state index is -0.405. The topological polar surface area (TPSA) is 52.6 Å². The number of rotatable bonds is 3. The normalized spacial score (nSPS) is 30.9. The van der Waals surface area contributed by atoms with Crippen LogP contribution in [0.2, 0.25) is 0 Å². The van der Waals surface area contributed by atoms with Crippen LogP contribution in [0.5, 0.6) is 0 Å². The molecule has 16 heavy (non-hydrogen) atoms. The van der Waals surface area contributed by atoms with E-state index in [0.717, 1.165) is 0 Å². The van der Waals surface area contributed by atoms with Crippen molar-refractivity contribution in [1.82, 2.24) is 10.2 Å². The lowest BCUT2D eigenvalue weighted by atomic mass is 10.0. The van der Waals surface area contributed by atoms with Crippen LogP contribution in [0, 0.1) is 5.92 Å². The van der Waals surface area contributed by atoms with E-state index in [0.29, 0.717) is 25.4 Å². The van der Waals surface area contributed by atoms with Gasteiger partial charge < -0.3 is 15.3 Å². The van der Waals surface area contributed by atoms with Gasteiger partial charge in [-0.2, -0.15) is 0 Å². The second-order valence-corrected chi connectivity index (χ2v) is 5.15. The van der Waals surface area contributed by atoms with Crippen molar-refractivity contribution in [2.24, 2.45) is 5.92 Å². The molecular formula is C12H22N2O2. The van der Waals surface area contributed by atoms with E-state index < -0.39 is 6.10 Å². The fraction of sp³-hybridized carbons (Fsp3) is 0.917. The van der Waals surface area contributed by atoms with Crippen LogP contribution in [0.1, 0.15) is 32.1 Å². The quantitative estimate of drug-likeness (QED) is 0.730. The minimum Gasteiger partial charge on any atom is -0.390 e. The predicted octanol–water partition coefficient (Wildman–Crippen LogP) is 0.358. The Morgan fingerprint density at radius 1 is 1.38 bits per heavy atom. The fourth-order valence-electron chi connectivity index (χ4n) is 2.84. The number of nitrogens with zero attached hydrogens (tertiary/aromatic N) is 1. The third kappa shape index (κ3) is 2.55. The van der Waals surface area contributed by atoms with Crippen molar-refractivity contribution in [2.45, 2.75) is 44.2 Å². The molecule has 1 saturated carbocycles. The summed E-state index contributed by atoms with van der Waals surface area (Å²) in [7, 11) is 1.82. The summed E-state index contributed by atoms with van der Waals surface area (Å²) >= 11 is 0. The van der Waals surface area contributed by atoms with Crippen molar-refractivity contribution in [1.29, 1.82) is 0 Å². The summed E-state index contributed by atoms with van der Waals surface area (Å²) in [5, 5.41) is 12.8. The van der Waals surface area contributed by atoms with Gasteiger partial charge in [0.15, 0.2) is 0 Å². The summed E-state index contributed by atoms with van der Waals surface area (Å²) in [5.41, 5.74) is 0. The summed E-state index contributed by atoms with van der Waals surface area (Å²) in [6.07, 6.45) is 5.21. The first-order valence-electron chi connectivity index (χ1n) is 6.33. The van der Waals surface area contributed by atoms with E-state index in [1.54, 1.807) is 4.90 Å². The van der Waals surface area contributed by atoms with Crippen LogP contribution in [0.25, 0.3) is 0 Å². The van der Waals surface area contributed by atoms with Gasteiger partial charge in [0.05, 0.1) is 12.1 Å². The van der Waals surface area contributed by atoms with Crippen molar-refractivity contribution in [3.05, 3.63) is 0 Å². The molecule has 1 heterocycles. The lowest BCUT2D eigenvalue weighted by Gasteiger charge is -2.27. The van der Waals surface area contributed by atoms with E-state index in [1.165, 1.54) is 25.7 Å². The molecule has 0 aromatic heterocycles. The number of hydrogen-bond donors (Lipinski definition) is 2. The SMILES string of the molecule is CN(C(=O)CC1CCCC1)C1CNCC1O. The monoisotopic (exact) mass is 226 g/mol. The number of carbonyl (C=O) groups excluding carboxylic acids is 1. The standard InChI is InChI=1S/C12H22N2O2/c1-14(10-7-13-8-11(10)15)12(16)6-9-4-2-3-5-9/h9-11,13,15H,2-8H2,1H3. The van der Waals surface area contributed by atoms with Crippen LogP contribution in [0.3, 0.4) is 0 Å². The van der Waals surface area contributed by atoms with Gasteiger partial charge in [-0.05, 0) is 18.8 Å². The van der Waals surface area contributed by atoms with Crippen molar-refractivity contribution < 1.29 is 9.90 Å². The van der Waals surface area contributed by atoms with Crippen molar-refractivity contribution in [2.75, 3.05) is 20.1 Å². The lowest BCUT2D eigenvalue weighted by Crippen LogP contribution is -2.44. The predicted molar refractivity (Wildman–Crippen MR) is 62.0 cm³/mol. The lowest BCUT2D eigenvalue weighted by molar-refractivity contribution is -0.134. The highest BCUT2D eigenvalue weighted by Crippen LogP contribution is 2.28. The van der Waals surface area contributed by atoms with Crippen molar-refractivity contribution >= 4 is 5.91 Å². The number of nitrogens with one attached hydrogen (secondary N) is 1. The summed E-state index contributed by atoms with van der Waals surface area (Å²) in [6, 6.07) is -0.0334. The molecule has 2 N–H and O–H groups in total. The zero-order valence-electron chi connectivity index (χ0n) is 9.98. The summed E-state index contributed by atoms with van der Waals surface area (Å²) in [4.78, 5) is 13.8. The Morgan fingerprint density at radius 3 is 2.62 bits per heavy atom. The minimum absolute atomic E-state index is 0.0334. The Balaban J connectivity index is 1.83. The summed E-state index contributed by atoms with van der Waals surface area (Å²) < 4.78 is 0. The van der Waals surface area contributed by atoms with Gasteiger partial charge in [-0.3, -0.25) is 4.79 Å². The van der Waals surface area contributed by atoms with Gasteiger partial charge in [0.25, 0.3) is 0 Å². The molecule has 4 nitrogen and oxygen atoms in total. The van der Waals surface area contributed by atoms with E-state index in [-0.39, 0.29) is 11.9 Å². The molecule has 1 amide bonds. The molecule has 1 aliphatic heterocycles. The third-order valence-electron chi connectivity index (χ3n) is 3.98. The van der Waals surface area contributed by atoms with E-state index in [4.69, 9.17) is 0 Å². The van der Waals surface area contributed by atoms with Crippen LogP contribution >= 0.6 is 0 Å². The van der Waals surface area contributed by atoms with E-state index in [1.807, 2.05) is 7.05 Å². The molecule has 0 bridgehead atoms. The number of hydrogen-bond acceptors (Lipinski definition) is 3. The number of likely N-dealkylation sites (N-methyl/N-ethyl adjacent to an activating group) is 1. The van der Waals surface area contributed by atoms with Crippen LogP contribution in [-0.4, -0.2) is 48.2 Å². The van der Waals surface area contributed by atoms with Gasteiger partial charge in [-0.15, -0.1) is 0 Å². The first-order valence-corrected chi connectivity index (χ1v) is 6.33. The highest BCUT2D eigenvalue weighted by molar-refractivity contribution is 5.76. The number of amides is 1. The Hall–Kier alpha value is -0.610. The molecule has 2 rings (SSSR count). The molecule has 0 aromatic carbocycles. The van der Waals surface area contributed by atoms with Gasteiger partial charge in [0, 0.05) is 26.6 Å². The number of aliphatic hydroxyl groups excluding tert-OH is 1. The largest absolute Gasteiger partial charge is 0.390 e. The number of aliphatic hydroxyl groups is 1. The Morgan fingerprint density at radius 2 is 2.06 bits per heavy atom. The van der Waals surface area contributed by atoms with Gasteiger partial charge >= 0.3 is 0 Å². The van der Waals surface area contributed by atoms with Crippen molar-refractivity contribution in [3.63, 3.8) is 0 Å². The molecule has 4 heteroatoms. The van der Waals surface area contributed by atoms with Gasteiger partial charge in [0.1, 0.15) is 0 Å². The first-order chi connectivity index (χ1) is 7.68. The summed E-state index contributed by atoms with van der Waals surface area (Å²) in [6.45, 7) is 1.32. The molecular weight excluding hydrogens is 204 g/mol. The molecule has 92 valence electrons. The Kier molecular flexibility index (Phi) is 3.82. The van der Waals surface area contributed by atoms with Crippen LogP contribution < -0.4 is 5.32 Å². The maximum Gasteiger partial charge on any atom is 0.222 e. The van der Waals surface area contributed by atoms with E-state index in [2.05, 4.69) is 5.32 Å². The first kappa shape index (κ1) is 11.9. The molecule has 2 unspecified atom stereocenters. The van der Waals surface area contributed by atoms with Gasteiger partial charge in [-0.1, -0.05) is 12.8 Å². The van der Waals surface area contributed by atoms with E-state index >= 15 is 0 Å². The zero-order valence-corrected chi connectivity index (χ0v) is 9.98. The maximum absolute atomic E-state index is 12.0. The number of β-amino-alcohol motifs (C(OH)–C–C–N with tert-alkyl or cyclic N) is 1. The van der Waals surface area contributed by atoms with Crippen LogP contribution in [0.4, 0.5) is 0 Å². The molecule has 1 aliphatic carbocycles. The number of carbonyl (C=O) groups is 1. The molecule has 0 spiro atoms. The van der Waals surface area contributed by atoms with Crippen LogP contribution in [0.15, 0.2) is 0 Å². The van der Waals surface area contributed by atoms with Crippen molar-refractivity contribution in [3.8, 4) is 0 Å². The Labute approximate surface area is 97.0 Å². The van der Waals surface area contributed by atoms with E-state index in [9.17, 15) is 9.90 Å². The summed E-state index contributed by atoms with van der Waals surface area (Å²) in [5.74, 6) is 0.779. The molecule has 0 radical (unpaired) electrons. The fourth-order valence-corrected chi connectivity index (χ4v) is 2.84. The van der Waals surface area contributed by atoms with Crippen LogP contribution in [-0.2, 0) is 4.79 Å². The van der Waals surface area contributed by atoms with Gasteiger partial charge in [-0.25, -0.2) is 0 Å². The Bertz CT molecular complexity index is 251. The maximum atomic E-state index is 12.0. The third-order valence-corrected chi connectivity index (χ3v) is 3.98. The second-order valence-electron chi connectivity index (χ2n) is 5.15. The molecule has 2 atom stereocenters. The molecule has 0 aromatic rings. The highest BCUT2D eigenvalue weighted by atomic mass is 16.3. The highest BCUT2D eigenvalue weighted by Gasteiger charge is 2.32. The average molecular weight is 226 g/mol. The molecule has 2 aliphatic rings. The van der Waals surface area contributed by atoms with Gasteiger partial charge in [0.2, 0.25) is 5.91 Å². The zero-order chi connectivity index (χ0) is 11.5. The molecule has 2 fully saturated rings. The second kappa shape index (κ2) is 5.15.